The molecule has 19 nitrogen and oxygen atoms in total. The van der Waals surface area contributed by atoms with Gasteiger partial charge in [0.05, 0.1) is 47.5 Å². The van der Waals surface area contributed by atoms with Crippen LogP contribution in [0.2, 0.25) is 0 Å². The van der Waals surface area contributed by atoms with Gasteiger partial charge in [0.25, 0.3) is 0 Å². The highest BCUT2D eigenvalue weighted by Gasteiger charge is 2.38. The highest BCUT2D eigenvalue weighted by atomic mass is 32.2. The first-order valence-electron chi connectivity index (χ1n) is 18.7. The second-order valence-corrected chi connectivity index (χ2v) is 16.6. The van der Waals surface area contributed by atoms with Gasteiger partial charge >= 0.3 is 18.1 Å². The van der Waals surface area contributed by atoms with Gasteiger partial charge in [0.15, 0.2) is 9.84 Å². The molecule has 0 radical (unpaired) electrons. The number of nitrogens with one attached hydrogen (secondary N) is 4. The summed E-state index contributed by atoms with van der Waals surface area (Å²) in [5, 5.41) is 45.1. The Hall–Kier alpha value is -5.95. The molecule has 4 amide bonds. The number of hydrogen-bond donors (Lipinski definition) is 8. The van der Waals surface area contributed by atoms with E-state index in [1.807, 2.05) is 18.2 Å². The molecule has 0 aliphatic carbocycles. The minimum Gasteiger partial charge on any atom is -0.475 e. The van der Waals surface area contributed by atoms with E-state index < -0.39 is 94.9 Å². The van der Waals surface area contributed by atoms with Crippen molar-refractivity contribution in [2.24, 2.45) is 16.0 Å². The fraction of sp³-hybridized carbons (Fsp3) is 0.385. The number of alkyl halides is 3. The number of aliphatic carboxylic acids is 1. The van der Waals surface area contributed by atoms with E-state index in [0.29, 0.717) is 16.9 Å². The van der Waals surface area contributed by atoms with Crippen molar-refractivity contribution < 1.29 is 70.4 Å². The summed E-state index contributed by atoms with van der Waals surface area (Å²) in [4.78, 5) is 72.4. The number of aliphatic hydroxyl groups excluding tert-OH is 2. The van der Waals surface area contributed by atoms with Crippen LogP contribution in [0.5, 0.6) is 0 Å². The van der Waals surface area contributed by atoms with Gasteiger partial charge in [-0.3, -0.25) is 19.2 Å². The second kappa shape index (κ2) is 26.5. The number of nitrogens with zero attached hydrogens (tertiary/aromatic N) is 2. The molecule has 0 saturated carbocycles. The Labute approximate surface area is 364 Å². The van der Waals surface area contributed by atoms with E-state index in [0.717, 1.165) is 17.3 Å². The van der Waals surface area contributed by atoms with Crippen LogP contribution in [-0.2, 0) is 55.5 Å². The molecule has 24 heteroatoms. The molecule has 0 fully saturated rings. The van der Waals surface area contributed by atoms with Crippen molar-refractivity contribution in [1.29, 1.82) is 0 Å². The lowest BCUT2D eigenvalue weighted by Crippen LogP contribution is -2.60. The number of benzene rings is 3. The molecular weight excluding hydrogens is 880 g/mol. The zero-order valence-corrected chi connectivity index (χ0v) is 35.5. The zero-order valence-electron chi connectivity index (χ0n) is 33.9. The van der Waals surface area contributed by atoms with Gasteiger partial charge in [-0.15, -0.1) is 11.8 Å². The Morgan fingerprint density at radius 2 is 1.35 bits per heavy atom. The van der Waals surface area contributed by atoms with Gasteiger partial charge < -0.3 is 47.1 Å². The van der Waals surface area contributed by atoms with E-state index in [-0.39, 0.29) is 29.7 Å². The van der Waals surface area contributed by atoms with E-state index in [4.69, 9.17) is 20.4 Å². The SMILES string of the molecule is CC(=O)NCSC[C@H](NC(=O)[C@H](CO)NC(=O)[C@@H](NC(=O)[C@@H](N)Cc1ccccc1)[C@@H](C)O)C(=O)OCCS(=O)(=O)Cc1ccc(N=Nc2ccccc2)cc1.O=C(O)C(F)(F)F. The number of nitrogens with two attached hydrogens (primary N) is 1. The lowest BCUT2D eigenvalue weighted by molar-refractivity contribution is -0.192. The number of carbonyl (C=O) groups is 6. The summed E-state index contributed by atoms with van der Waals surface area (Å²) < 4.78 is 62.7. The molecule has 3 rings (SSSR count). The fourth-order valence-electron chi connectivity index (χ4n) is 4.82. The molecule has 0 saturated heterocycles. The smallest absolute Gasteiger partial charge is 0.475 e. The maximum Gasteiger partial charge on any atom is 0.490 e. The van der Waals surface area contributed by atoms with Crippen molar-refractivity contribution in [3.8, 4) is 0 Å². The Kier molecular flexibility index (Phi) is 22.4. The number of aliphatic hydroxyl groups is 2. The Morgan fingerprint density at radius 1 is 0.810 bits per heavy atom. The molecule has 0 aromatic heterocycles. The molecule has 0 spiro atoms. The van der Waals surface area contributed by atoms with Gasteiger partial charge in [0.2, 0.25) is 23.6 Å². The number of thioether (sulfide) groups is 1. The predicted molar refractivity (Wildman–Crippen MR) is 223 cm³/mol. The fourth-order valence-corrected chi connectivity index (χ4v) is 6.88. The molecule has 5 atom stereocenters. The van der Waals surface area contributed by atoms with Gasteiger partial charge in [-0.1, -0.05) is 60.7 Å². The van der Waals surface area contributed by atoms with E-state index in [1.165, 1.54) is 13.8 Å². The maximum absolute atomic E-state index is 13.2. The van der Waals surface area contributed by atoms with Crippen molar-refractivity contribution in [3.05, 3.63) is 96.1 Å². The highest BCUT2D eigenvalue weighted by molar-refractivity contribution is 7.99. The molecule has 0 aliphatic heterocycles. The topological polar surface area (TPSA) is 305 Å². The minimum atomic E-state index is -5.08. The molecular formula is C39H48F3N7O12S2. The summed E-state index contributed by atoms with van der Waals surface area (Å²) in [6.07, 6.45) is -6.38. The van der Waals surface area contributed by atoms with Crippen LogP contribution in [0.15, 0.2) is 95.2 Å². The Morgan fingerprint density at radius 3 is 1.87 bits per heavy atom. The van der Waals surface area contributed by atoms with Gasteiger partial charge in [0.1, 0.15) is 24.7 Å². The van der Waals surface area contributed by atoms with E-state index in [2.05, 4.69) is 31.5 Å². The Balaban J connectivity index is 0.00000179. The van der Waals surface area contributed by atoms with Crippen LogP contribution in [0.25, 0.3) is 0 Å². The summed E-state index contributed by atoms with van der Waals surface area (Å²) in [5.41, 5.74) is 8.42. The molecule has 63 heavy (non-hydrogen) atoms. The predicted octanol–water partition coefficient (Wildman–Crippen LogP) is 1.42. The third kappa shape index (κ3) is 21.1. The van der Waals surface area contributed by atoms with Gasteiger partial charge in [-0.2, -0.15) is 23.4 Å². The standard InChI is InChI=1S/C37H47N7O10S2.C2HF3O2/c1-24(46)33(42-34(48)30(38)19-26-9-5-3-6-10-26)36(50)40-31(20-45)35(49)41-32(21-55-23-39-25(2)47)37(51)54-17-18-56(52,53)22-27-13-15-29(16-14-27)44-43-28-11-7-4-8-12-28;3-2(4,5)1(6)7/h3-16,24,30-33,45-46H,17-23,38H2,1-2H3,(H,39,47)(H,40,50)(H,41,49)(H,42,48);(H,6,7)/t24-,30+,31+,32+,33+;/m1./s1. The van der Waals surface area contributed by atoms with Crippen LogP contribution in [0.1, 0.15) is 25.0 Å². The molecule has 9 N–H and O–H groups in total. The van der Waals surface area contributed by atoms with Crippen molar-refractivity contribution in [2.75, 3.05) is 30.6 Å². The number of rotatable bonds is 22. The number of sulfone groups is 1. The van der Waals surface area contributed by atoms with Gasteiger partial charge in [-0.25, -0.2) is 18.0 Å². The number of carboxylic acid groups (broad SMARTS) is 1. The number of hydrogen-bond acceptors (Lipinski definition) is 15. The number of carbonyl (C=O) groups excluding carboxylic acids is 5. The van der Waals surface area contributed by atoms with Crippen LogP contribution in [0, 0.1) is 0 Å². The van der Waals surface area contributed by atoms with E-state index >= 15 is 0 Å². The number of carboxylic acids is 1. The average Bonchev–Trinajstić information content (AvgIpc) is 3.22. The summed E-state index contributed by atoms with van der Waals surface area (Å²) in [5.74, 6) is -7.90. The van der Waals surface area contributed by atoms with Crippen LogP contribution in [0.4, 0.5) is 24.5 Å². The maximum atomic E-state index is 13.2. The summed E-state index contributed by atoms with van der Waals surface area (Å²) >= 11 is 1.03. The Bertz CT molecular complexity index is 2100. The molecule has 3 aromatic carbocycles. The number of halogens is 3. The quantitative estimate of drug-likeness (QED) is 0.0306. The number of ether oxygens (including phenoxy) is 1. The molecule has 0 heterocycles. The van der Waals surface area contributed by atoms with E-state index in [9.17, 15) is 55.8 Å². The second-order valence-electron chi connectivity index (χ2n) is 13.3. The number of esters is 1. The summed E-state index contributed by atoms with van der Waals surface area (Å²) in [6.45, 7) is 1.03. The number of azo groups is 1. The monoisotopic (exact) mass is 927 g/mol. The van der Waals surface area contributed by atoms with Gasteiger partial charge in [0, 0.05) is 12.7 Å². The van der Waals surface area contributed by atoms with Crippen molar-refractivity contribution in [2.45, 2.75) is 62.5 Å². The normalized spacial score (nSPS) is 13.8. The van der Waals surface area contributed by atoms with Crippen LogP contribution in [0.3, 0.4) is 0 Å². The third-order valence-corrected chi connectivity index (χ3v) is 10.5. The summed E-state index contributed by atoms with van der Waals surface area (Å²) in [7, 11) is -3.76. The molecule has 344 valence electrons. The lowest BCUT2D eigenvalue weighted by Gasteiger charge is -2.26. The van der Waals surface area contributed by atoms with Crippen molar-refractivity contribution >= 4 is 68.5 Å². The third-order valence-electron chi connectivity index (χ3n) is 8.06. The minimum absolute atomic E-state index is 0.0537. The van der Waals surface area contributed by atoms with E-state index in [1.54, 1.807) is 66.7 Å². The molecule has 0 aliphatic rings. The zero-order chi connectivity index (χ0) is 47.2. The molecule has 0 unspecified atom stereocenters. The first-order chi connectivity index (χ1) is 29.6. The first-order valence-corrected chi connectivity index (χ1v) is 21.6. The summed E-state index contributed by atoms with van der Waals surface area (Å²) in [6, 6.07) is 18.7. The largest absolute Gasteiger partial charge is 0.490 e. The molecule has 0 bridgehead atoms. The van der Waals surface area contributed by atoms with Crippen LogP contribution in [-0.4, -0.2) is 126 Å². The van der Waals surface area contributed by atoms with Crippen molar-refractivity contribution in [1.82, 2.24) is 21.3 Å². The number of amides is 4. The molecule has 3 aromatic rings. The first kappa shape index (κ1) is 53.2. The highest BCUT2D eigenvalue weighted by Crippen LogP contribution is 2.19. The lowest BCUT2D eigenvalue weighted by atomic mass is 10.0. The average molecular weight is 928 g/mol. The van der Waals surface area contributed by atoms with Gasteiger partial charge in [-0.05, 0) is 48.7 Å². The van der Waals surface area contributed by atoms with Crippen molar-refractivity contribution in [3.63, 3.8) is 0 Å². The van der Waals surface area contributed by atoms with Crippen LogP contribution < -0.4 is 27.0 Å². The van der Waals surface area contributed by atoms with Crippen LogP contribution >= 0.6 is 11.8 Å².